The average Bonchev–Trinajstić information content (AvgIpc) is 2.89. The van der Waals surface area contributed by atoms with E-state index in [0.29, 0.717) is 6.54 Å². The van der Waals surface area contributed by atoms with Crippen LogP contribution < -0.4 is 5.32 Å². The Hall–Kier alpha value is -1.43. The van der Waals surface area contributed by atoms with Gasteiger partial charge in [-0.1, -0.05) is 11.4 Å². The van der Waals surface area contributed by atoms with Gasteiger partial charge < -0.3 is 5.32 Å². The Labute approximate surface area is 111 Å². The molecular weight excluding hydrogens is 246 g/mol. The minimum atomic E-state index is 0.684. The summed E-state index contributed by atoms with van der Waals surface area (Å²) in [6.45, 7) is 10.0. The largest absolute Gasteiger partial charge is 0.374 e. The Kier molecular flexibility index (Phi) is 3.96. The number of aromatic nitrogens is 4. The highest BCUT2D eigenvalue weighted by Crippen LogP contribution is 2.20. The number of aryl methyl sites for hydroxylation is 1. The molecule has 0 radical (unpaired) electrons. The topological polar surface area (TPSA) is 55.6 Å². The zero-order valence-corrected chi connectivity index (χ0v) is 12.1. The van der Waals surface area contributed by atoms with Gasteiger partial charge in [-0.25, -0.2) is 0 Å². The molecule has 0 aliphatic heterocycles. The molecule has 0 saturated heterocycles. The Morgan fingerprint density at radius 2 is 2.06 bits per heavy atom. The molecule has 2 aromatic heterocycles. The van der Waals surface area contributed by atoms with Crippen LogP contribution in [-0.4, -0.2) is 25.9 Å². The first-order chi connectivity index (χ1) is 8.63. The van der Waals surface area contributed by atoms with E-state index < -0.39 is 0 Å². The summed E-state index contributed by atoms with van der Waals surface area (Å²) in [4.78, 5) is 0. The summed E-state index contributed by atoms with van der Waals surface area (Å²) < 4.78 is 6.02. The number of rotatable bonds is 5. The average molecular weight is 265 g/mol. The van der Waals surface area contributed by atoms with Gasteiger partial charge in [0.2, 0.25) is 0 Å². The van der Waals surface area contributed by atoms with Crippen molar-refractivity contribution in [3.05, 3.63) is 22.6 Å². The van der Waals surface area contributed by atoms with E-state index in [1.807, 2.05) is 11.6 Å². The van der Waals surface area contributed by atoms with E-state index in [1.165, 1.54) is 22.8 Å². The van der Waals surface area contributed by atoms with E-state index in [1.54, 1.807) is 0 Å². The van der Waals surface area contributed by atoms with Crippen molar-refractivity contribution in [2.75, 3.05) is 11.9 Å². The molecule has 0 amide bonds. The molecule has 6 heteroatoms. The number of nitrogens with one attached hydrogen (secondary N) is 1. The van der Waals surface area contributed by atoms with Gasteiger partial charge in [0.25, 0.3) is 0 Å². The van der Waals surface area contributed by atoms with Gasteiger partial charge in [-0.3, -0.25) is 4.68 Å². The molecule has 0 aliphatic rings. The molecule has 0 aromatic carbocycles. The summed E-state index contributed by atoms with van der Waals surface area (Å²) in [7, 11) is 0. The third-order valence-corrected chi connectivity index (χ3v) is 3.86. The van der Waals surface area contributed by atoms with Gasteiger partial charge in [0, 0.05) is 23.8 Å². The standard InChI is InChI=1S/C12H19N5S/c1-5-6-13-12-11(14-16-18-12)7-17-10(4)8(2)9(3)15-17/h13H,5-7H2,1-4H3. The van der Waals surface area contributed by atoms with E-state index in [2.05, 4.69) is 40.8 Å². The smallest absolute Gasteiger partial charge is 0.135 e. The van der Waals surface area contributed by atoms with Gasteiger partial charge in [-0.05, 0) is 32.8 Å². The minimum absolute atomic E-state index is 0.684. The molecule has 98 valence electrons. The predicted octanol–water partition coefficient (Wildman–Crippen LogP) is 2.53. The van der Waals surface area contributed by atoms with E-state index in [4.69, 9.17) is 0 Å². The molecule has 0 unspecified atom stereocenters. The first kappa shape index (κ1) is 13.0. The molecule has 1 N–H and O–H groups in total. The van der Waals surface area contributed by atoms with E-state index in [-0.39, 0.29) is 0 Å². The number of nitrogens with zero attached hydrogens (tertiary/aromatic N) is 4. The highest BCUT2D eigenvalue weighted by Gasteiger charge is 2.12. The van der Waals surface area contributed by atoms with Gasteiger partial charge in [-0.2, -0.15) is 5.10 Å². The van der Waals surface area contributed by atoms with Crippen molar-refractivity contribution in [2.24, 2.45) is 0 Å². The lowest BCUT2D eigenvalue weighted by molar-refractivity contribution is 0.645. The Morgan fingerprint density at radius 3 is 2.67 bits per heavy atom. The van der Waals surface area contributed by atoms with E-state index in [0.717, 1.165) is 29.4 Å². The highest BCUT2D eigenvalue weighted by molar-refractivity contribution is 7.10. The second kappa shape index (κ2) is 5.48. The Balaban J connectivity index is 2.18. The van der Waals surface area contributed by atoms with Crippen LogP contribution in [-0.2, 0) is 6.54 Å². The molecule has 18 heavy (non-hydrogen) atoms. The monoisotopic (exact) mass is 265 g/mol. The summed E-state index contributed by atoms with van der Waals surface area (Å²) in [5.74, 6) is 0. The van der Waals surface area contributed by atoms with Crippen molar-refractivity contribution in [3.63, 3.8) is 0 Å². The van der Waals surface area contributed by atoms with Crippen LogP contribution in [0.4, 0.5) is 5.00 Å². The molecule has 0 aliphatic carbocycles. The maximum absolute atomic E-state index is 4.53. The minimum Gasteiger partial charge on any atom is -0.374 e. The Morgan fingerprint density at radius 1 is 1.28 bits per heavy atom. The van der Waals surface area contributed by atoms with Gasteiger partial charge in [0.1, 0.15) is 10.7 Å². The van der Waals surface area contributed by atoms with Gasteiger partial charge in [0.15, 0.2) is 0 Å². The summed E-state index contributed by atoms with van der Waals surface area (Å²) in [6, 6.07) is 0. The van der Waals surface area contributed by atoms with Crippen molar-refractivity contribution in [1.82, 2.24) is 19.4 Å². The molecule has 0 atom stereocenters. The zero-order chi connectivity index (χ0) is 13.1. The van der Waals surface area contributed by atoms with Crippen LogP contribution in [0.15, 0.2) is 0 Å². The second-order valence-electron chi connectivity index (χ2n) is 4.43. The molecule has 2 rings (SSSR count). The highest BCUT2D eigenvalue weighted by atomic mass is 32.1. The van der Waals surface area contributed by atoms with Crippen molar-refractivity contribution >= 4 is 16.5 Å². The van der Waals surface area contributed by atoms with Crippen LogP contribution in [0.2, 0.25) is 0 Å². The molecule has 0 spiro atoms. The van der Waals surface area contributed by atoms with Crippen LogP contribution in [0.1, 0.15) is 36.0 Å². The summed E-state index contributed by atoms with van der Waals surface area (Å²) >= 11 is 1.41. The quantitative estimate of drug-likeness (QED) is 0.902. The second-order valence-corrected chi connectivity index (χ2v) is 5.18. The first-order valence-electron chi connectivity index (χ1n) is 6.19. The Bertz CT molecular complexity index is 529. The third-order valence-electron chi connectivity index (χ3n) is 3.13. The molecule has 0 saturated carbocycles. The van der Waals surface area contributed by atoms with E-state index >= 15 is 0 Å². The van der Waals surface area contributed by atoms with Crippen molar-refractivity contribution in [2.45, 2.75) is 40.7 Å². The molecule has 5 nitrogen and oxygen atoms in total. The van der Waals surface area contributed by atoms with Crippen LogP contribution in [0.5, 0.6) is 0 Å². The fraction of sp³-hybridized carbons (Fsp3) is 0.583. The molecule has 2 heterocycles. The van der Waals surface area contributed by atoms with Crippen LogP contribution in [0, 0.1) is 20.8 Å². The summed E-state index contributed by atoms with van der Waals surface area (Å²) in [5, 5.41) is 13.1. The SMILES string of the molecule is CCCNc1snnc1Cn1nc(C)c(C)c1C. The summed E-state index contributed by atoms with van der Waals surface area (Å²) in [5.41, 5.74) is 4.50. The lowest BCUT2D eigenvalue weighted by Crippen LogP contribution is -2.08. The predicted molar refractivity (Wildman–Crippen MR) is 74.2 cm³/mol. The van der Waals surface area contributed by atoms with Gasteiger partial charge in [0.05, 0.1) is 12.2 Å². The fourth-order valence-electron chi connectivity index (χ4n) is 1.77. The van der Waals surface area contributed by atoms with Gasteiger partial charge >= 0.3 is 0 Å². The number of anilines is 1. The van der Waals surface area contributed by atoms with Crippen LogP contribution in [0.3, 0.4) is 0 Å². The maximum Gasteiger partial charge on any atom is 0.135 e. The van der Waals surface area contributed by atoms with Crippen molar-refractivity contribution < 1.29 is 0 Å². The zero-order valence-electron chi connectivity index (χ0n) is 11.3. The lowest BCUT2D eigenvalue weighted by Gasteiger charge is -2.05. The summed E-state index contributed by atoms with van der Waals surface area (Å²) in [6.07, 6.45) is 1.09. The van der Waals surface area contributed by atoms with Gasteiger partial charge in [-0.15, -0.1) is 5.10 Å². The van der Waals surface area contributed by atoms with Crippen molar-refractivity contribution in [3.8, 4) is 0 Å². The number of hydrogen-bond acceptors (Lipinski definition) is 5. The maximum atomic E-state index is 4.53. The normalized spacial score (nSPS) is 10.9. The third kappa shape index (κ3) is 2.53. The molecule has 0 bridgehead atoms. The molecular formula is C12H19N5S. The number of hydrogen-bond donors (Lipinski definition) is 1. The molecule has 0 fully saturated rings. The first-order valence-corrected chi connectivity index (χ1v) is 6.96. The van der Waals surface area contributed by atoms with E-state index in [9.17, 15) is 0 Å². The van der Waals surface area contributed by atoms with Crippen LogP contribution >= 0.6 is 11.5 Å². The fourth-order valence-corrected chi connectivity index (χ4v) is 2.37. The van der Waals surface area contributed by atoms with Crippen LogP contribution in [0.25, 0.3) is 0 Å². The lowest BCUT2D eigenvalue weighted by atomic mass is 10.2. The van der Waals surface area contributed by atoms with Crippen molar-refractivity contribution in [1.29, 1.82) is 0 Å². The molecule has 2 aromatic rings.